The number of urea groups is 1. The van der Waals surface area contributed by atoms with Gasteiger partial charge in [-0.3, -0.25) is 0 Å². The number of benzene rings is 1. The second-order valence-electron chi connectivity index (χ2n) is 10.6. The van der Waals surface area contributed by atoms with Crippen LogP contribution in [0.1, 0.15) is 32.3 Å². The highest BCUT2D eigenvalue weighted by atomic mass is 28.3. The number of carbonyl (C=O) groups excluding carboxylic acids is 1. The number of anilines is 1. The molecule has 2 N–H and O–H groups in total. The highest BCUT2D eigenvalue weighted by Crippen LogP contribution is 2.37. The number of nitrogens with zero attached hydrogens (tertiary/aromatic N) is 2. The van der Waals surface area contributed by atoms with Gasteiger partial charge >= 0.3 is 14.8 Å². The van der Waals surface area contributed by atoms with Crippen LogP contribution in [0.3, 0.4) is 0 Å². The van der Waals surface area contributed by atoms with Crippen LogP contribution in [-0.2, 0) is 16.2 Å². The van der Waals surface area contributed by atoms with E-state index in [1.807, 2.05) is 17.7 Å². The van der Waals surface area contributed by atoms with Crippen molar-refractivity contribution < 1.29 is 23.4 Å². The van der Waals surface area contributed by atoms with E-state index >= 15 is 4.39 Å². The number of hydrogen-bond donors (Lipinski definition) is 2. The fourth-order valence-corrected chi connectivity index (χ4v) is 4.63. The molecule has 3 aromatic rings. The summed E-state index contributed by atoms with van der Waals surface area (Å²) in [5, 5.41) is 6.32. The zero-order valence-corrected chi connectivity index (χ0v) is 23.2. The first kappa shape index (κ1) is 27.1. The SMILES string of the molecule is CC(C)c1cn(COCC[Si+](C)C)c2nccc(Oc3ccc(NC(=O)NCC4(C)COC4)cc3F)c12. The van der Waals surface area contributed by atoms with Gasteiger partial charge in [0.2, 0.25) is 0 Å². The first-order valence-electron chi connectivity index (χ1n) is 12.6. The lowest BCUT2D eigenvalue weighted by Gasteiger charge is -2.37. The maximum atomic E-state index is 15.0. The Bertz CT molecular complexity index is 1240. The summed E-state index contributed by atoms with van der Waals surface area (Å²) in [4.78, 5) is 16.8. The van der Waals surface area contributed by atoms with Gasteiger partial charge in [0.05, 0.1) is 44.3 Å². The molecule has 1 saturated heterocycles. The molecule has 0 spiro atoms. The van der Waals surface area contributed by atoms with Gasteiger partial charge in [-0.15, -0.1) is 0 Å². The number of amides is 2. The fourth-order valence-electron chi connectivity index (χ4n) is 4.08. The summed E-state index contributed by atoms with van der Waals surface area (Å²) < 4.78 is 34.1. The zero-order chi connectivity index (χ0) is 26.6. The maximum Gasteiger partial charge on any atom is 0.319 e. The van der Waals surface area contributed by atoms with Crippen molar-refractivity contribution in [1.82, 2.24) is 14.9 Å². The van der Waals surface area contributed by atoms with Crippen LogP contribution in [0.15, 0.2) is 36.7 Å². The smallest absolute Gasteiger partial charge is 0.319 e. The van der Waals surface area contributed by atoms with E-state index in [0.717, 1.165) is 22.6 Å². The molecule has 1 aliphatic heterocycles. The molecular formula is C27H36FN4O4Si+. The van der Waals surface area contributed by atoms with Gasteiger partial charge < -0.3 is 29.4 Å². The highest BCUT2D eigenvalue weighted by molar-refractivity contribution is 6.55. The van der Waals surface area contributed by atoms with Crippen molar-refractivity contribution >= 4 is 31.5 Å². The van der Waals surface area contributed by atoms with Gasteiger partial charge in [-0.1, -0.05) is 20.8 Å². The van der Waals surface area contributed by atoms with Crippen molar-refractivity contribution in [2.75, 3.05) is 31.7 Å². The highest BCUT2D eigenvalue weighted by Gasteiger charge is 2.33. The average Bonchev–Trinajstić information content (AvgIpc) is 3.21. The topological polar surface area (TPSA) is 86.6 Å². The summed E-state index contributed by atoms with van der Waals surface area (Å²) in [5.74, 6) is 0.220. The van der Waals surface area contributed by atoms with Gasteiger partial charge in [0.15, 0.2) is 11.6 Å². The minimum atomic E-state index is -0.576. The van der Waals surface area contributed by atoms with Crippen LogP contribution in [0.4, 0.5) is 14.9 Å². The van der Waals surface area contributed by atoms with Crippen molar-refractivity contribution in [3.8, 4) is 11.5 Å². The molecule has 1 aromatic carbocycles. The number of fused-ring (bicyclic) bond motifs is 1. The van der Waals surface area contributed by atoms with E-state index in [0.29, 0.717) is 44.5 Å². The second kappa shape index (κ2) is 11.6. The van der Waals surface area contributed by atoms with Gasteiger partial charge in [0.1, 0.15) is 18.1 Å². The largest absolute Gasteiger partial charge is 0.453 e. The Morgan fingerprint density at radius 1 is 1.27 bits per heavy atom. The van der Waals surface area contributed by atoms with Gasteiger partial charge in [-0.25, -0.2) is 14.2 Å². The third kappa shape index (κ3) is 6.68. The third-order valence-electron chi connectivity index (χ3n) is 6.33. The third-order valence-corrected chi connectivity index (χ3v) is 7.54. The number of ether oxygens (including phenoxy) is 3. The number of hydrogen-bond acceptors (Lipinski definition) is 5. The monoisotopic (exact) mass is 527 g/mol. The van der Waals surface area contributed by atoms with E-state index in [-0.39, 0.29) is 25.9 Å². The molecule has 4 rings (SSSR count). The normalized spacial score (nSPS) is 14.5. The van der Waals surface area contributed by atoms with Gasteiger partial charge in [0.25, 0.3) is 0 Å². The number of rotatable bonds is 11. The molecular weight excluding hydrogens is 491 g/mol. The first-order valence-corrected chi connectivity index (χ1v) is 15.3. The minimum absolute atomic E-state index is 0.0503. The minimum Gasteiger partial charge on any atom is -0.453 e. The molecule has 0 aliphatic carbocycles. The number of halogens is 1. The Labute approximate surface area is 219 Å². The van der Waals surface area contributed by atoms with Crippen LogP contribution in [0.25, 0.3) is 11.0 Å². The van der Waals surface area contributed by atoms with Crippen molar-refractivity contribution in [2.24, 2.45) is 5.41 Å². The Balaban J connectivity index is 1.48. The van der Waals surface area contributed by atoms with Gasteiger partial charge in [0, 0.05) is 36.1 Å². The van der Waals surface area contributed by atoms with E-state index in [1.54, 1.807) is 18.3 Å². The van der Waals surface area contributed by atoms with Crippen LogP contribution in [0.5, 0.6) is 11.5 Å². The number of pyridine rings is 1. The lowest BCUT2D eigenvalue weighted by molar-refractivity contribution is -0.0974. The van der Waals surface area contributed by atoms with E-state index in [9.17, 15) is 4.79 Å². The Morgan fingerprint density at radius 2 is 2.05 bits per heavy atom. The summed E-state index contributed by atoms with van der Waals surface area (Å²) in [6.07, 6.45) is 3.69. The number of nitrogens with one attached hydrogen (secondary N) is 2. The zero-order valence-electron chi connectivity index (χ0n) is 22.2. The first-order chi connectivity index (χ1) is 17.6. The molecule has 2 amide bonds. The van der Waals surface area contributed by atoms with Crippen molar-refractivity contribution in [3.05, 3.63) is 48.0 Å². The standard InChI is InChI=1S/C27H35FN4O4Si/c1-18(2)20-13-32(17-34-10-11-37(4)5)25-24(20)23(8-9-29-25)36-22-7-6-19(12-21(22)28)31-26(33)30-14-27(3)15-35-16-27/h6-9,12-13,18H,10-11,14-17H2,1-5H3,(H-,30,31,33)/p+1. The Hall–Kier alpha value is -2.95. The molecule has 2 aromatic heterocycles. The molecule has 1 aliphatic rings. The molecule has 0 atom stereocenters. The summed E-state index contributed by atoms with van der Waals surface area (Å²) >= 11 is 0. The molecule has 3 heterocycles. The average molecular weight is 528 g/mol. The summed E-state index contributed by atoms with van der Waals surface area (Å²) in [6, 6.07) is 6.82. The van der Waals surface area contributed by atoms with Crippen LogP contribution >= 0.6 is 0 Å². The maximum absolute atomic E-state index is 15.0. The van der Waals surface area contributed by atoms with Gasteiger partial charge in [-0.2, -0.15) is 0 Å². The van der Waals surface area contributed by atoms with E-state index < -0.39 is 11.8 Å². The molecule has 0 bridgehead atoms. The van der Waals surface area contributed by atoms with Crippen LogP contribution in [0.2, 0.25) is 19.1 Å². The van der Waals surface area contributed by atoms with E-state index in [1.165, 1.54) is 12.1 Å². The number of aromatic nitrogens is 2. The Morgan fingerprint density at radius 3 is 2.70 bits per heavy atom. The quantitative estimate of drug-likeness (QED) is 0.237. The lowest BCUT2D eigenvalue weighted by atomic mass is 9.89. The second-order valence-corrected chi connectivity index (χ2v) is 13.5. The Kier molecular flexibility index (Phi) is 8.51. The fraction of sp³-hybridized carbons (Fsp3) is 0.481. The molecule has 0 unspecified atom stereocenters. The summed E-state index contributed by atoms with van der Waals surface area (Å²) in [6.45, 7) is 13.6. The van der Waals surface area contributed by atoms with Crippen LogP contribution in [0, 0.1) is 11.2 Å². The van der Waals surface area contributed by atoms with Crippen LogP contribution < -0.4 is 15.4 Å². The summed E-state index contributed by atoms with van der Waals surface area (Å²) in [5.41, 5.74) is 2.08. The molecule has 0 saturated carbocycles. The van der Waals surface area contributed by atoms with E-state index in [2.05, 4.69) is 42.6 Å². The van der Waals surface area contributed by atoms with Crippen molar-refractivity contribution in [2.45, 2.75) is 52.6 Å². The number of carbonyl (C=O) groups is 1. The molecule has 198 valence electrons. The predicted molar refractivity (Wildman–Crippen MR) is 144 cm³/mol. The van der Waals surface area contributed by atoms with Crippen molar-refractivity contribution in [3.63, 3.8) is 0 Å². The molecule has 8 nitrogen and oxygen atoms in total. The van der Waals surface area contributed by atoms with Gasteiger partial charge in [-0.05, 0) is 29.7 Å². The molecule has 37 heavy (non-hydrogen) atoms. The van der Waals surface area contributed by atoms with Crippen LogP contribution in [-0.4, -0.2) is 50.7 Å². The lowest BCUT2D eigenvalue weighted by Crippen LogP contribution is -2.49. The van der Waals surface area contributed by atoms with Crippen molar-refractivity contribution in [1.29, 1.82) is 0 Å². The molecule has 0 radical (unpaired) electrons. The molecule has 10 heteroatoms. The summed E-state index contributed by atoms with van der Waals surface area (Å²) in [7, 11) is -0.338. The predicted octanol–water partition coefficient (Wildman–Crippen LogP) is 5.98. The molecule has 1 fully saturated rings. The van der Waals surface area contributed by atoms with E-state index in [4.69, 9.17) is 14.2 Å².